The maximum atomic E-state index is 10.5. The lowest BCUT2D eigenvalue weighted by Crippen LogP contribution is -2.09. The Hall–Kier alpha value is -1.61. The van der Waals surface area contributed by atoms with Crippen molar-refractivity contribution in [2.75, 3.05) is 13.2 Å². The summed E-state index contributed by atoms with van der Waals surface area (Å²) in [5.74, 6) is 0.770. The summed E-state index contributed by atoms with van der Waals surface area (Å²) in [6.07, 6.45) is 6.12. The van der Waals surface area contributed by atoms with Crippen LogP contribution >= 0.6 is 0 Å². The Morgan fingerprint density at radius 3 is 3.00 bits per heavy atom. The van der Waals surface area contributed by atoms with E-state index >= 15 is 0 Å². The van der Waals surface area contributed by atoms with E-state index in [-0.39, 0.29) is 0 Å². The Bertz CT molecular complexity index is 371. The monoisotopic (exact) mass is 190 g/mol. The van der Waals surface area contributed by atoms with Crippen LogP contribution in [0.25, 0.3) is 6.08 Å². The molecule has 2 heterocycles. The average Bonchev–Trinajstić information content (AvgIpc) is 2.71. The van der Waals surface area contributed by atoms with Crippen molar-refractivity contribution in [3.8, 4) is 0 Å². The number of carbonyl (C=O) groups excluding carboxylic acids is 1. The molecule has 1 aromatic rings. The van der Waals surface area contributed by atoms with Crippen molar-refractivity contribution in [2.24, 2.45) is 0 Å². The molecule has 0 saturated carbocycles. The van der Waals surface area contributed by atoms with Crippen LogP contribution in [0.2, 0.25) is 0 Å². The third-order valence-corrected chi connectivity index (χ3v) is 1.93. The molecule has 0 radical (unpaired) electrons. The van der Waals surface area contributed by atoms with Crippen molar-refractivity contribution in [3.63, 3.8) is 0 Å². The lowest BCUT2D eigenvalue weighted by molar-refractivity contribution is -0.105. The lowest BCUT2D eigenvalue weighted by atomic mass is 10.1. The molecule has 0 bridgehead atoms. The summed E-state index contributed by atoms with van der Waals surface area (Å²) in [5.41, 5.74) is 1.61. The minimum absolute atomic E-state index is 0.402. The third kappa shape index (κ3) is 2.00. The van der Waals surface area contributed by atoms with Gasteiger partial charge >= 0.3 is 0 Å². The predicted molar refractivity (Wildman–Crippen MR) is 51.7 cm³/mol. The largest absolute Gasteiger partial charge is 0.465 e. The number of ether oxygens (including phenoxy) is 1. The summed E-state index contributed by atoms with van der Waals surface area (Å²) >= 11 is 0. The molecule has 0 fully saturated rings. The Morgan fingerprint density at radius 1 is 1.36 bits per heavy atom. The molecule has 3 heteroatoms. The molecule has 0 unspecified atom stereocenters. The number of carbonyl (C=O) groups is 1. The summed E-state index contributed by atoms with van der Waals surface area (Å²) in [6, 6.07) is 3.68. The second kappa shape index (κ2) is 4.07. The first kappa shape index (κ1) is 8.97. The Morgan fingerprint density at radius 2 is 2.29 bits per heavy atom. The zero-order valence-electron chi connectivity index (χ0n) is 7.60. The normalized spacial score (nSPS) is 19.4. The molecule has 0 aliphatic carbocycles. The first-order chi connectivity index (χ1) is 6.88. The SMILES string of the molecule is O=CC1=C/C(=C\c2ccco2)COC1. The summed E-state index contributed by atoms with van der Waals surface area (Å²) in [5, 5.41) is 0. The number of hydrogen-bond acceptors (Lipinski definition) is 3. The van der Waals surface area contributed by atoms with E-state index in [4.69, 9.17) is 9.15 Å². The van der Waals surface area contributed by atoms with Crippen LogP contribution in [0.5, 0.6) is 0 Å². The van der Waals surface area contributed by atoms with E-state index in [0.717, 1.165) is 17.6 Å². The minimum Gasteiger partial charge on any atom is -0.465 e. The lowest BCUT2D eigenvalue weighted by Gasteiger charge is -2.11. The van der Waals surface area contributed by atoms with Gasteiger partial charge in [0.2, 0.25) is 0 Å². The average molecular weight is 190 g/mol. The second-order valence-corrected chi connectivity index (χ2v) is 3.06. The predicted octanol–water partition coefficient (Wildman–Crippen LogP) is 1.82. The van der Waals surface area contributed by atoms with Gasteiger partial charge < -0.3 is 9.15 Å². The zero-order valence-corrected chi connectivity index (χ0v) is 7.60. The van der Waals surface area contributed by atoms with E-state index in [9.17, 15) is 4.79 Å². The van der Waals surface area contributed by atoms with Gasteiger partial charge in [0.25, 0.3) is 0 Å². The zero-order chi connectivity index (χ0) is 9.80. The van der Waals surface area contributed by atoms with E-state index in [1.54, 1.807) is 6.26 Å². The number of rotatable bonds is 2. The smallest absolute Gasteiger partial charge is 0.148 e. The van der Waals surface area contributed by atoms with E-state index in [1.807, 2.05) is 24.3 Å². The highest BCUT2D eigenvalue weighted by atomic mass is 16.5. The van der Waals surface area contributed by atoms with Gasteiger partial charge in [-0.05, 0) is 29.9 Å². The molecule has 2 rings (SSSR count). The molecular formula is C11H10O3. The molecule has 1 aliphatic rings. The third-order valence-electron chi connectivity index (χ3n) is 1.93. The summed E-state index contributed by atoms with van der Waals surface area (Å²) < 4.78 is 10.4. The van der Waals surface area contributed by atoms with Crippen LogP contribution in [0, 0.1) is 0 Å². The van der Waals surface area contributed by atoms with Crippen molar-refractivity contribution >= 4 is 12.4 Å². The van der Waals surface area contributed by atoms with E-state index in [2.05, 4.69) is 0 Å². The van der Waals surface area contributed by atoms with Gasteiger partial charge in [0.15, 0.2) is 0 Å². The van der Waals surface area contributed by atoms with Crippen molar-refractivity contribution in [1.82, 2.24) is 0 Å². The number of furan rings is 1. The Labute approximate surface area is 81.7 Å². The molecule has 0 atom stereocenters. The Kier molecular flexibility index (Phi) is 2.60. The van der Waals surface area contributed by atoms with E-state index in [1.165, 1.54) is 0 Å². The van der Waals surface area contributed by atoms with Gasteiger partial charge in [-0.2, -0.15) is 0 Å². The van der Waals surface area contributed by atoms with Crippen LogP contribution in [0.3, 0.4) is 0 Å². The van der Waals surface area contributed by atoms with E-state index in [0.29, 0.717) is 18.8 Å². The molecule has 1 aromatic heterocycles. The topological polar surface area (TPSA) is 39.4 Å². The van der Waals surface area contributed by atoms with Crippen LogP contribution in [0.1, 0.15) is 5.76 Å². The van der Waals surface area contributed by atoms with Gasteiger partial charge in [0.1, 0.15) is 12.0 Å². The number of hydrogen-bond donors (Lipinski definition) is 0. The standard InChI is InChI=1S/C11H10O3/c12-6-10-4-9(7-13-8-10)5-11-2-1-3-14-11/h1-6H,7-8H2/b9-5+. The molecule has 14 heavy (non-hydrogen) atoms. The fraction of sp³-hybridized carbons (Fsp3) is 0.182. The first-order valence-corrected chi connectivity index (χ1v) is 4.36. The summed E-state index contributed by atoms with van der Waals surface area (Å²) in [7, 11) is 0. The van der Waals surface area contributed by atoms with Crippen LogP contribution in [-0.4, -0.2) is 19.5 Å². The highest BCUT2D eigenvalue weighted by Gasteiger charge is 2.06. The van der Waals surface area contributed by atoms with Gasteiger partial charge in [-0.1, -0.05) is 0 Å². The van der Waals surface area contributed by atoms with Crippen molar-refractivity contribution < 1.29 is 13.9 Å². The van der Waals surface area contributed by atoms with Crippen molar-refractivity contribution in [3.05, 3.63) is 41.4 Å². The van der Waals surface area contributed by atoms with Crippen LogP contribution < -0.4 is 0 Å². The summed E-state index contributed by atoms with van der Waals surface area (Å²) in [6.45, 7) is 0.928. The maximum Gasteiger partial charge on any atom is 0.148 e. The second-order valence-electron chi connectivity index (χ2n) is 3.06. The molecule has 1 aliphatic heterocycles. The fourth-order valence-electron chi connectivity index (χ4n) is 1.32. The summed E-state index contributed by atoms with van der Waals surface area (Å²) in [4.78, 5) is 10.5. The van der Waals surface area contributed by atoms with Gasteiger partial charge in [-0.25, -0.2) is 0 Å². The molecule has 0 spiro atoms. The van der Waals surface area contributed by atoms with Gasteiger partial charge in [0.05, 0.1) is 19.5 Å². The van der Waals surface area contributed by atoms with Crippen molar-refractivity contribution in [2.45, 2.75) is 0 Å². The first-order valence-electron chi connectivity index (χ1n) is 4.36. The van der Waals surface area contributed by atoms with Crippen LogP contribution in [0.15, 0.2) is 40.0 Å². The molecule has 3 nitrogen and oxygen atoms in total. The van der Waals surface area contributed by atoms with Gasteiger partial charge in [-0.3, -0.25) is 4.79 Å². The molecule has 0 aromatic carbocycles. The quantitative estimate of drug-likeness (QED) is 0.668. The highest BCUT2D eigenvalue weighted by Crippen LogP contribution is 2.14. The van der Waals surface area contributed by atoms with Gasteiger partial charge in [0, 0.05) is 5.57 Å². The van der Waals surface area contributed by atoms with E-state index < -0.39 is 0 Å². The molecule has 0 N–H and O–H groups in total. The molecule has 0 amide bonds. The van der Waals surface area contributed by atoms with Gasteiger partial charge in [-0.15, -0.1) is 0 Å². The molecular weight excluding hydrogens is 180 g/mol. The number of aldehydes is 1. The van der Waals surface area contributed by atoms with Crippen LogP contribution in [-0.2, 0) is 9.53 Å². The maximum absolute atomic E-state index is 10.5. The fourth-order valence-corrected chi connectivity index (χ4v) is 1.32. The molecule has 0 saturated heterocycles. The Balaban J connectivity index is 2.22. The van der Waals surface area contributed by atoms with Crippen molar-refractivity contribution in [1.29, 1.82) is 0 Å². The minimum atomic E-state index is 0.402. The van der Waals surface area contributed by atoms with Crippen LogP contribution in [0.4, 0.5) is 0 Å². The molecule has 72 valence electrons. The highest BCUT2D eigenvalue weighted by molar-refractivity contribution is 5.76.